The van der Waals surface area contributed by atoms with Crippen LogP contribution in [-0.2, 0) is 4.84 Å². The van der Waals surface area contributed by atoms with Crippen LogP contribution in [0.3, 0.4) is 0 Å². The number of halogens is 1. The minimum atomic E-state index is 0.534. The standard InChI is InChI=1S/C17H19ClN4O2S/c1-22(2)16-6-5-10(17(20-16)23-3)11-7-12-14(8-13(11)18)19-9-15(12)25-21-24-4/h5-9,19,21H,1-4H3. The summed E-state index contributed by atoms with van der Waals surface area (Å²) in [5.74, 6) is 1.35. The molecule has 0 aliphatic rings. The number of anilines is 1. The lowest BCUT2D eigenvalue weighted by molar-refractivity contribution is 0.163. The Bertz CT molecular complexity index is 898. The van der Waals surface area contributed by atoms with Crippen LogP contribution in [0.5, 0.6) is 5.88 Å². The Morgan fingerprint density at radius 1 is 1.20 bits per heavy atom. The van der Waals surface area contributed by atoms with Crippen molar-refractivity contribution >= 4 is 40.3 Å². The van der Waals surface area contributed by atoms with Gasteiger partial charge in [0.1, 0.15) is 5.82 Å². The molecule has 1 aromatic carbocycles. The number of fused-ring (bicyclic) bond motifs is 1. The number of hydrogen-bond donors (Lipinski definition) is 2. The van der Waals surface area contributed by atoms with Crippen LogP contribution in [0.1, 0.15) is 0 Å². The molecule has 0 radical (unpaired) electrons. The van der Waals surface area contributed by atoms with Crippen LogP contribution < -0.4 is 14.5 Å². The summed E-state index contributed by atoms with van der Waals surface area (Å²) >= 11 is 7.90. The Morgan fingerprint density at radius 3 is 2.68 bits per heavy atom. The first-order chi connectivity index (χ1) is 12.0. The molecule has 6 nitrogen and oxygen atoms in total. The fraction of sp³-hybridized carbons (Fsp3) is 0.235. The quantitative estimate of drug-likeness (QED) is 0.497. The van der Waals surface area contributed by atoms with Gasteiger partial charge in [-0.2, -0.15) is 4.98 Å². The lowest BCUT2D eigenvalue weighted by Crippen LogP contribution is -2.11. The van der Waals surface area contributed by atoms with Gasteiger partial charge in [-0.1, -0.05) is 11.6 Å². The Morgan fingerprint density at radius 2 is 2.00 bits per heavy atom. The fourth-order valence-corrected chi connectivity index (χ4v) is 3.37. The van der Waals surface area contributed by atoms with Gasteiger partial charge >= 0.3 is 0 Å². The number of H-pyrrole nitrogens is 1. The van der Waals surface area contributed by atoms with E-state index in [1.54, 1.807) is 14.2 Å². The highest BCUT2D eigenvalue weighted by Crippen LogP contribution is 2.39. The largest absolute Gasteiger partial charge is 0.480 e. The second kappa shape index (κ2) is 7.53. The summed E-state index contributed by atoms with van der Waals surface area (Å²) in [4.78, 5) is 18.4. The van der Waals surface area contributed by atoms with E-state index >= 15 is 0 Å². The maximum atomic E-state index is 6.52. The average Bonchev–Trinajstić information content (AvgIpc) is 3.00. The first-order valence-electron chi connectivity index (χ1n) is 7.53. The van der Waals surface area contributed by atoms with Gasteiger partial charge in [-0.25, -0.2) is 0 Å². The third-order valence-electron chi connectivity index (χ3n) is 3.75. The monoisotopic (exact) mass is 378 g/mol. The molecule has 0 unspecified atom stereocenters. The summed E-state index contributed by atoms with van der Waals surface area (Å²) < 4.78 is 5.49. The van der Waals surface area contributed by atoms with E-state index in [0.29, 0.717) is 10.9 Å². The molecule has 2 heterocycles. The van der Waals surface area contributed by atoms with Crippen LogP contribution in [0.4, 0.5) is 5.82 Å². The molecule has 132 valence electrons. The molecule has 3 aromatic rings. The SMILES string of the molecule is CONSc1c[nH]c2cc(Cl)c(-c3ccc(N(C)C)nc3OC)cc12. The smallest absolute Gasteiger partial charge is 0.223 e. The molecule has 0 amide bonds. The van der Waals surface area contributed by atoms with Gasteiger partial charge in [0.25, 0.3) is 0 Å². The van der Waals surface area contributed by atoms with Crippen molar-refractivity contribution in [2.45, 2.75) is 4.90 Å². The number of aromatic nitrogens is 2. The fourth-order valence-electron chi connectivity index (χ4n) is 2.54. The van der Waals surface area contributed by atoms with Crippen LogP contribution in [-0.4, -0.2) is 38.3 Å². The molecule has 0 spiro atoms. The molecule has 3 rings (SSSR count). The van der Waals surface area contributed by atoms with E-state index < -0.39 is 0 Å². The minimum absolute atomic E-state index is 0.534. The number of ether oxygens (including phenoxy) is 1. The zero-order chi connectivity index (χ0) is 18.0. The number of pyridine rings is 1. The lowest BCUT2D eigenvalue weighted by atomic mass is 10.0. The molecule has 0 bridgehead atoms. The number of methoxy groups -OCH3 is 1. The summed E-state index contributed by atoms with van der Waals surface area (Å²) in [5.41, 5.74) is 2.66. The van der Waals surface area contributed by atoms with Crippen LogP contribution in [0, 0.1) is 0 Å². The van der Waals surface area contributed by atoms with Crippen molar-refractivity contribution in [3.63, 3.8) is 0 Å². The van der Waals surface area contributed by atoms with E-state index in [9.17, 15) is 0 Å². The average molecular weight is 379 g/mol. The molecule has 2 aromatic heterocycles. The molecule has 25 heavy (non-hydrogen) atoms. The van der Waals surface area contributed by atoms with Crippen LogP contribution in [0.2, 0.25) is 5.02 Å². The van der Waals surface area contributed by atoms with Gasteiger partial charge < -0.3 is 14.6 Å². The molecular weight excluding hydrogens is 360 g/mol. The van der Waals surface area contributed by atoms with Gasteiger partial charge in [0, 0.05) is 42.3 Å². The Kier molecular flexibility index (Phi) is 5.39. The van der Waals surface area contributed by atoms with Crippen molar-refractivity contribution in [2.75, 3.05) is 33.2 Å². The van der Waals surface area contributed by atoms with Crippen molar-refractivity contribution in [3.8, 4) is 17.0 Å². The zero-order valence-corrected chi connectivity index (χ0v) is 16.0. The highest BCUT2D eigenvalue weighted by Gasteiger charge is 2.16. The summed E-state index contributed by atoms with van der Waals surface area (Å²) in [7, 11) is 7.06. The van der Waals surface area contributed by atoms with Gasteiger partial charge in [0.05, 0.1) is 24.1 Å². The highest BCUT2D eigenvalue weighted by atomic mass is 35.5. The van der Waals surface area contributed by atoms with E-state index in [1.807, 2.05) is 49.5 Å². The first kappa shape index (κ1) is 17.9. The number of nitrogens with one attached hydrogen (secondary N) is 2. The molecule has 0 saturated carbocycles. The molecular formula is C17H19ClN4O2S. The molecule has 0 fully saturated rings. The lowest BCUT2D eigenvalue weighted by Gasteiger charge is -2.15. The predicted molar refractivity (Wildman–Crippen MR) is 103 cm³/mol. The van der Waals surface area contributed by atoms with Crippen molar-refractivity contribution < 1.29 is 9.57 Å². The number of rotatable bonds is 6. The molecule has 0 aliphatic carbocycles. The van der Waals surface area contributed by atoms with Crippen molar-refractivity contribution in [2.24, 2.45) is 0 Å². The molecule has 0 atom stereocenters. The Labute approximate surface area is 155 Å². The Hall–Kier alpha value is -1.93. The van der Waals surface area contributed by atoms with Gasteiger partial charge in [-0.05, 0) is 36.2 Å². The zero-order valence-electron chi connectivity index (χ0n) is 14.4. The van der Waals surface area contributed by atoms with Gasteiger partial charge in [-0.3, -0.25) is 4.84 Å². The van der Waals surface area contributed by atoms with Gasteiger partial charge in [0.15, 0.2) is 0 Å². The van der Waals surface area contributed by atoms with Crippen LogP contribution in [0.15, 0.2) is 35.4 Å². The first-order valence-corrected chi connectivity index (χ1v) is 8.72. The molecule has 2 N–H and O–H groups in total. The van der Waals surface area contributed by atoms with Gasteiger partial charge in [-0.15, -0.1) is 4.89 Å². The number of benzene rings is 1. The summed E-state index contributed by atoms with van der Waals surface area (Å²) in [6.07, 6.45) is 1.91. The van der Waals surface area contributed by atoms with E-state index in [1.165, 1.54) is 11.9 Å². The third kappa shape index (κ3) is 3.55. The van der Waals surface area contributed by atoms with E-state index in [-0.39, 0.29) is 0 Å². The predicted octanol–water partition coefficient (Wildman–Crippen LogP) is 4.12. The highest BCUT2D eigenvalue weighted by molar-refractivity contribution is 7.97. The summed E-state index contributed by atoms with van der Waals surface area (Å²) in [5, 5.41) is 1.66. The van der Waals surface area contributed by atoms with Crippen molar-refractivity contribution in [3.05, 3.63) is 35.5 Å². The maximum Gasteiger partial charge on any atom is 0.223 e. The number of aromatic amines is 1. The second-order valence-corrected chi connectivity index (χ2v) is 6.76. The summed E-state index contributed by atoms with van der Waals surface area (Å²) in [6, 6.07) is 7.85. The summed E-state index contributed by atoms with van der Waals surface area (Å²) in [6.45, 7) is 0. The van der Waals surface area contributed by atoms with Crippen LogP contribution >= 0.6 is 23.5 Å². The maximum absolute atomic E-state index is 6.52. The molecule has 0 saturated heterocycles. The normalized spacial score (nSPS) is 11.1. The number of hydrogen-bond acceptors (Lipinski definition) is 6. The minimum Gasteiger partial charge on any atom is -0.480 e. The van der Waals surface area contributed by atoms with E-state index in [4.69, 9.17) is 21.2 Å². The second-order valence-electron chi connectivity index (χ2n) is 5.54. The van der Waals surface area contributed by atoms with E-state index in [2.05, 4.69) is 14.9 Å². The topological polar surface area (TPSA) is 62.4 Å². The third-order valence-corrected chi connectivity index (χ3v) is 4.87. The molecule has 0 aliphatic heterocycles. The Balaban J connectivity index is 2.13. The van der Waals surface area contributed by atoms with Crippen molar-refractivity contribution in [1.29, 1.82) is 0 Å². The van der Waals surface area contributed by atoms with E-state index in [0.717, 1.165) is 32.7 Å². The van der Waals surface area contributed by atoms with Gasteiger partial charge in [0.2, 0.25) is 5.88 Å². The van der Waals surface area contributed by atoms with Crippen molar-refractivity contribution in [1.82, 2.24) is 14.9 Å². The number of nitrogens with zero attached hydrogens (tertiary/aromatic N) is 2. The van der Waals surface area contributed by atoms with Crippen LogP contribution in [0.25, 0.3) is 22.0 Å². The molecule has 8 heteroatoms.